The van der Waals surface area contributed by atoms with Gasteiger partial charge in [0, 0.05) is 6.04 Å². The molecule has 2 aliphatic heterocycles. The van der Waals surface area contributed by atoms with Gasteiger partial charge in [-0.1, -0.05) is 6.42 Å². The molecule has 2 heterocycles. The lowest BCUT2D eigenvalue weighted by Gasteiger charge is -2.48. The molecule has 14 heavy (non-hydrogen) atoms. The first-order valence-corrected chi connectivity index (χ1v) is 5.46. The topological polar surface area (TPSA) is 63.9 Å². The average Bonchev–Trinajstić information content (AvgIpc) is 2.20. The van der Waals surface area contributed by atoms with Crippen molar-refractivity contribution in [2.75, 3.05) is 13.2 Å². The van der Waals surface area contributed by atoms with Gasteiger partial charge in [-0.3, -0.25) is 4.90 Å². The predicted octanol–water partition coefficient (Wildman–Crippen LogP) is -0.673. The number of nitrogens with zero attached hydrogens (tertiary/aromatic N) is 1. The van der Waals surface area contributed by atoms with Crippen molar-refractivity contribution in [3.05, 3.63) is 0 Å². The van der Waals surface area contributed by atoms with Gasteiger partial charge in [0.05, 0.1) is 24.9 Å². The minimum absolute atomic E-state index is 0.0608. The van der Waals surface area contributed by atoms with E-state index in [1.165, 1.54) is 6.42 Å². The summed E-state index contributed by atoms with van der Waals surface area (Å²) in [4.78, 5) is 2.17. The predicted molar refractivity (Wildman–Crippen MR) is 51.8 cm³/mol. The molecular formula is C10H19NO3. The van der Waals surface area contributed by atoms with Crippen molar-refractivity contribution in [3.8, 4) is 0 Å². The summed E-state index contributed by atoms with van der Waals surface area (Å²) in [5.41, 5.74) is 0. The van der Waals surface area contributed by atoms with Crippen molar-refractivity contribution in [2.45, 2.75) is 50.0 Å². The van der Waals surface area contributed by atoms with Gasteiger partial charge in [-0.2, -0.15) is 0 Å². The van der Waals surface area contributed by atoms with Gasteiger partial charge in [-0.05, 0) is 25.8 Å². The van der Waals surface area contributed by atoms with Crippen LogP contribution in [0.2, 0.25) is 0 Å². The lowest BCUT2D eigenvalue weighted by molar-refractivity contribution is -0.120. The minimum atomic E-state index is -0.783. The molecule has 0 aliphatic carbocycles. The number of aliphatic hydroxyl groups excluding tert-OH is 3. The summed E-state index contributed by atoms with van der Waals surface area (Å²) in [5.74, 6) is 0. The molecule has 0 amide bonds. The Hall–Kier alpha value is -0.160. The smallest absolute Gasteiger partial charge is 0.0976 e. The number of hydrogen-bond acceptors (Lipinski definition) is 4. The van der Waals surface area contributed by atoms with Crippen LogP contribution in [0.25, 0.3) is 0 Å². The van der Waals surface area contributed by atoms with Crippen LogP contribution >= 0.6 is 0 Å². The fourth-order valence-electron chi connectivity index (χ4n) is 2.80. The number of rotatable bonds is 1. The van der Waals surface area contributed by atoms with Gasteiger partial charge in [-0.15, -0.1) is 0 Å². The summed E-state index contributed by atoms with van der Waals surface area (Å²) in [6.45, 7) is 0.883. The first-order valence-electron chi connectivity index (χ1n) is 5.46. The Morgan fingerprint density at radius 3 is 2.71 bits per heavy atom. The molecule has 0 aromatic rings. The van der Waals surface area contributed by atoms with Crippen LogP contribution in [0, 0.1) is 0 Å². The molecule has 0 saturated carbocycles. The third kappa shape index (κ3) is 1.67. The van der Waals surface area contributed by atoms with Crippen LogP contribution in [0.5, 0.6) is 0 Å². The molecule has 2 rings (SSSR count). The van der Waals surface area contributed by atoms with Crippen molar-refractivity contribution in [2.24, 2.45) is 0 Å². The molecule has 2 saturated heterocycles. The molecule has 0 aromatic carbocycles. The van der Waals surface area contributed by atoms with Crippen molar-refractivity contribution >= 4 is 0 Å². The molecule has 0 unspecified atom stereocenters. The molecular weight excluding hydrogens is 182 g/mol. The van der Waals surface area contributed by atoms with Gasteiger partial charge in [0.15, 0.2) is 0 Å². The summed E-state index contributed by atoms with van der Waals surface area (Å²) in [6, 6.07) is 0.100. The maximum atomic E-state index is 9.72. The van der Waals surface area contributed by atoms with E-state index in [1.54, 1.807) is 0 Å². The van der Waals surface area contributed by atoms with E-state index in [2.05, 4.69) is 4.90 Å². The minimum Gasteiger partial charge on any atom is -0.395 e. The highest BCUT2D eigenvalue weighted by atomic mass is 16.3. The van der Waals surface area contributed by atoms with Gasteiger partial charge >= 0.3 is 0 Å². The van der Waals surface area contributed by atoms with E-state index in [0.717, 1.165) is 19.4 Å². The van der Waals surface area contributed by atoms with Crippen molar-refractivity contribution in [1.29, 1.82) is 0 Å². The molecule has 0 spiro atoms. The molecule has 4 heteroatoms. The second-order valence-corrected chi connectivity index (χ2v) is 4.43. The Bertz CT molecular complexity index is 200. The SMILES string of the molecule is OC[C@@H]1[C@H](O)[C@@H](O)C[C@@H]2CCCCN21. The zero-order valence-corrected chi connectivity index (χ0v) is 8.34. The van der Waals surface area contributed by atoms with Crippen LogP contribution in [0.3, 0.4) is 0 Å². The number of aliphatic hydroxyl groups is 3. The zero-order chi connectivity index (χ0) is 10.1. The molecule has 2 aliphatic rings. The third-order valence-corrected chi connectivity index (χ3v) is 3.59. The fraction of sp³-hybridized carbons (Fsp3) is 1.00. The Kier molecular flexibility index (Phi) is 3.07. The van der Waals surface area contributed by atoms with Crippen molar-refractivity contribution in [1.82, 2.24) is 4.90 Å². The Labute approximate surface area is 84.2 Å². The lowest BCUT2D eigenvalue weighted by atomic mass is 9.85. The van der Waals surface area contributed by atoms with E-state index in [0.29, 0.717) is 12.5 Å². The number of piperidine rings is 2. The second-order valence-electron chi connectivity index (χ2n) is 4.43. The molecule has 0 bridgehead atoms. The Morgan fingerprint density at radius 1 is 1.21 bits per heavy atom. The van der Waals surface area contributed by atoms with Gasteiger partial charge in [0.1, 0.15) is 0 Å². The van der Waals surface area contributed by atoms with E-state index >= 15 is 0 Å². The summed E-state index contributed by atoms with van der Waals surface area (Å²) in [7, 11) is 0. The zero-order valence-electron chi connectivity index (χ0n) is 8.34. The second kappa shape index (κ2) is 4.14. The molecule has 82 valence electrons. The van der Waals surface area contributed by atoms with Crippen molar-refractivity contribution < 1.29 is 15.3 Å². The standard InChI is InChI=1S/C10H19NO3/c12-6-8-10(14)9(13)5-7-3-1-2-4-11(7)8/h7-10,12-14H,1-6H2/t7-,8+,9-,10-/m0/s1. The number of hydrogen-bond donors (Lipinski definition) is 3. The highest BCUT2D eigenvalue weighted by Gasteiger charge is 2.41. The van der Waals surface area contributed by atoms with E-state index in [4.69, 9.17) is 0 Å². The monoisotopic (exact) mass is 201 g/mol. The van der Waals surface area contributed by atoms with E-state index in [9.17, 15) is 15.3 Å². The fourth-order valence-corrected chi connectivity index (χ4v) is 2.80. The molecule has 4 atom stereocenters. The lowest BCUT2D eigenvalue weighted by Crippen LogP contribution is -2.61. The molecule has 0 aromatic heterocycles. The molecule has 3 N–H and O–H groups in total. The molecule has 4 nitrogen and oxygen atoms in total. The Morgan fingerprint density at radius 2 is 2.00 bits per heavy atom. The summed E-state index contributed by atoms with van der Waals surface area (Å²) in [5, 5.41) is 28.6. The highest BCUT2D eigenvalue weighted by molar-refractivity contribution is 4.96. The van der Waals surface area contributed by atoms with Gasteiger partial charge in [0.25, 0.3) is 0 Å². The first-order chi connectivity index (χ1) is 6.74. The summed E-state index contributed by atoms with van der Waals surface area (Å²) < 4.78 is 0. The Balaban J connectivity index is 2.10. The largest absolute Gasteiger partial charge is 0.395 e. The first kappa shape index (κ1) is 10.4. The van der Waals surface area contributed by atoms with Crippen LogP contribution in [0.15, 0.2) is 0 Å². The average molecular weight is 201 g/mol. The highest BCUT2D eigenvalue weighted by Crippen LogP contribution is 2.30. The molecule has 2 fully saturated rings. The van der Waals surface area contributed by atoms with E-state index < -0.39 is 12.2 Å². The normalized spacial score (nSPS) is 44.8. The molecule has 0 radical (unpaired) electrons. The quantitative estimate of drug-likeness (QED) is 0.526. The van der Waals surface area contributed by atoms with Crippen LogP contribution in [-0.4, -0.2) is 57.7 Å². The van der Waals surface area contributed by atoms with Gasteiger partial charge < -0.3 is 15.3 Å². The maximum absolute atomic E-state index is 9.72. The summed E-state index contributed by atoms with van der Waals surface area (Å²) in [6.07, 6.45) is 2.62. The van der Waals surface area contributed by atoms with Crippen LogP contribution in [-0.2, 0) is 0 Å². The van der Waals surface area contributed by atoms with Gasteiger partial charge in [0.2, 0.25) is 0 Å². The van der Waals surface area contributed by atoms with Crippen LogP contribution in [0.1, 0.15) is 25.7 Å². The van der Waals surface area contributed by atoms with Gasteiger partial charge in [-0.25, -0.2) is 0 Å². The third-order valence-electron chi connectivity index (χ3n) is 3.59. The van der Waals surface area contributed by atoms with E-state index in [-0.39, 0.29) is 12.6 Å². The number of fused-ring (bicyclic) bond motifs is 1. The van der Waals surface area contributed by atoms with Crippen LogP contribution < -0.4 is 0 Å². The van der Waals surface area contributed by atoms with Crippen LogP contribution in [0.4, 0.5) is 0 Å². The maximum Gasteiger partial charge on any atom is 0.0976 e. The van der Waals surface area contributed by atoms with Crippen molar-refractivity contribution in [3.63, 3.8) is 0 Å². The van der Waals surface area contributed by atoms with E-state index in [1.807, 2.05) is 0 Å². The summed E-state index contributed by atoms with van der Waals surface area (Å²) >= 11 is 0.